The number of ether oxygens (including phenoxy) is 1. The summed E-state index contributed by atoms with van der Waals surface area (Å²) in [6.45, 7) is 2.72. The van der Waals surface area contributed by atoms with Crippen LogP contribution in [0.3, 0.4) is 0 Å². The van der Waals surface area contributed by atoms with Gasteiger partial charge in [0.1, 0.15) is 5.75 Å². The molecule has 1 aliphatic rings. The molecule has 9 heteroatoms. The molecule has 2 N–H and O–H groups in total. The summed E-state index contributed by atoms with van der Waals surface area (Å²) < 4.78 is 5.35. The second kappa shape index (κ2) is 12.6. The van der Waals surface area contributed by atoms with Crippen molar-refractivity contribution in [2.24, 2.45) is 5.41 Å². The molecule has 37 heavy (non-hydrogen) atoms. The minimum Gasteiger partial charge on any atom is -0.497 e. The molecule has 1 atom stereocenters. The van der Waals surface area contributed by atoms with E-state index in [1.165, 1.54) is 0 Å². The van der Waals surface area contributed by atoms with Crippen molar-refractivity contribution >= 4 is 28.5 Å². The number of hydrogen-bond donors (Lipinski definition) is 2. The summed E-state index contributed by atoms with van der Waals surface area (Å²) in [6.07, 6.45) is 11.8. The lowest BCUT2D eigenvalue weighted by atomic mass is 9.71. The van der Waals surface area contributed by atoms with Gasteiger partial charge >= 0.3 is 5.97 Å². The van der Waals surface area contributed by atoms with E-state index in [9.17, 15) is 15.0 Å². The van der Waals surface area contributed by atoms with Crippen LogP contribution in [0.15, 0.2) is 43.0 Å². The monoisotopic (exact) mass is 526 g/mol. The Morgan fingerprint density at radius 1 is 1.19 bits per heavy atom. The predicted molar refractivity (Wildman–Crippen MR) is 143 cm³/mol. The number of unbranched alkanes of at least 4 members (excludes halogenated alkanes) is 1. The minimum absolute atomic E-state index is 0.110. The highest BCUT2D eigenvalue weighted by Gasteiger charge is 2.37. The number of rotatable bonds is 12. The van der Waals surface area contributed by atoms with Crippen molar-refractivity contribution in [3.8, 4) is 5.75 Å². The zero-order chi connectivity index (χ0) is 26.3. The van der Waals surface area contributed by atoms with Crippen LogP contribution in [0.1, 0.15) is 62.3 Å². The van der Waals surface area contributed by atoms with Gasteiger partial charge in [0.15, 0.2) is 0 Å². The molecule has 1 fully saturated rings. The number of aromatic nitrogens is 3. The molecule has 0 saturated carbocycles. The summed E-state index contributed by atoms with van der Waals surface area (Å²) in [6, 6.07) is 5.50. The van der Waals surface area contributed by atoms with E-state index < -0.39 is 12.1 Å². The van der Waals surface area contributed by atoms with Crippen LogP contribution in [0.25, 0.3) is 10.9 Å². The molecule has 0 unspecified atom stereocenters. The quantitative estimate of drug-likeness (QED) is 0.314. The molecule has 3 aromatic rings. The van der Waals surface area contributed by atoms with Crippen LogP contribution >= 0.6 is 11.6 Å². The molecule has 1 aliphatic heterocycles. The van der Waals surface area contributed by atoms with Gasteiger partial charge in [-0.2, -0.15) is 0 Å². The first-order valence-corrected chi connectivity index (χ1v) is 13.3. The smallest absolute Gasteiger partial charge is 0.303 e. The Hall–Kier alpha value is -2.81. The van der Waals surface area contributed by atoms with Gasteiger partial charge in [0.05, 0.1) is 35.9 Å². The summed E-state index contributed by atoms with van der Waals surface area (Å²) in [4.78, 5) is 27.0. The molecule has 8 nitrogen and oxygen atoms in total. The third-order valence-electron chi connectivity index (χ3n) is 7.57. The molecule has 4 rings (SSSR count). The first kappa shape index (κ1) is 27.2. The second-order valence-electron chi connectivity index (χ2n) is 10.0. The third kappa shape index (κ3) is 7.15. The maximum absolute atomic E-state index is 11.8. The number of carbonyl (C=O) groups is 1. The molecule has 0 bridgehead atoms. The van der Waals surface area contributed by atoms with E-state index in [2.05, 4.69) is 19.9 Å². The Morgan fingerprint density at radius 2 is 2.00 bits per heavy atom. The number of methoxy groups -OCH3 is 1. The van der Waals surface area contributed by atoms with E-state index in [4.69, 9.17) is 16.3 Å². The number of pyridine rings is 1. The number of fused-ring (bicyclic) bond motifs is 1. The SMILES string of the molecule is COc1ccc2ncc(Cl)c([C@H](O)CCC3(CC(=O)O)CCN(CCCCc4cnccn4)CC3)c2c1. The number of halogens is 1. The number of aliphatic hydroxyl groups excluding tert-OH is 1. The Labute approximate surface area is 222 Å². The van der Waals surface area contributed by atoms with Gasteiger partial charge in [-0.3, -0.25) is 19.7 Å². The van der Waals surface area contributed by atoms with Crippen molar-refractivity contribution in [2.45, 2.75) is 57.5 Å². The number of benzene rings is 1. The highest BCUT2D eigenvalue weighted by atomic mass is 35.5. The van der Waals surface area contributed by atoms with Crippen molar-refractivity contribution in [2.75, 3.05) is 26.7 Å². The number of carboxylic acids is 1. The van der Waals surface area contributed by atoms with Gasteiger partial charge in [0, 0.05) is 35.7 Å². The van der Waals surface area contributed by atoms with Crippen LogP contribution in [0.5, 0.6) is 5.75 Å². The van der Waals surface area contributed by atoms with Gasteiger partial charge in [-0.15, -0.1) is 0 Å². The number of piperidine rings is 1. The highest BCUT2D eigenvalue weighted by Crippen LogP contribution is 2.43. The Morgan fingerprint density at radius 3 is 2.70 bits per heavy atom. The van der Waals surface area contributed by atoms with E-state index >= 15 is 0 Å². The Bertz CT molecular complexity index is 1190. The first-order chi connectivity index (χ1) is 17.9. The summed E-state index contributed by atoms with van der Waals surface area (Å²) in [5.41, 5.74) is 2.03. The molecular weight excluding hydrogens is 492 g/mol. The summed E-state index contributed by atoms with van der Waals surface area (Å²) >= 11 is 6.48. The number of aryl methyl sites for hydroxylation is 1. The maximum atomic E-state index is 11.8. The summed E-state index contributed by atoms with van der Waals surface area (Å²) in [5, 5.41) is 22.0. The Balaban J connectivity index is 1.35. The zero-order valence-corrected chi connectivity index (χ0v) is 22.0. The number of carboxylic acid groups (broad SMARTS) is 1. The van der Waals surface area contributed by atoms with Gasteiger partial charge in [0.25, 0.3) is 0 Å². The number of likely N-dealkylation sites (tertiary alicyclic amines) is 1. The van der Waals surface area contributed by atoms with Crippen LogP contribution in [0.4, 0.5) is 0 Å². The van der Waals surface area contributed by atoms with Crippen LogP contribution in [-0.2, 0) is 11.2 Å². The number of hydrogen-bond acceptors (Lipinski definition) is 7. The fourth-order valence-electron chi connectivity index (χ4n) is 5.41. The van der Waals surface area contributed by atoms with Crippen LogP contribution in [0, 0.1) is 5.41 Å². The third-order valence-corrected chi connectivity index (χ3v) is 7.87. The predicted octanol–water partition coefficient (Wildman–Crippen LogP) is 5.08. The number of aliphatic hydroxyl groups is 1. The number of aliphatic carboxylic acids is 1. The fourth-order valence-corrected chi connectivity index (χ4v) is 5.68. The summed E-state index contributed by atoms with van der Waals surface area (Å²) in [5.74, 6) is -0.125. The van der Waals surface area contributed by atoms with Crippen molar-refractivity contribution in [1.82, 2.24) is 19.9 Å². The van der Waals surface area contributed by atoms with Gasteiger partial charge in [0.2, 0.25) is 0 Å². The Kier molecular flexibility index (Phi) is 9.29. The maximum Gasteiger partial charge on any atom is 0.303 e. The topological polar surface area (TPSA) is 109 Å². The van der Waals surface area contributed by atoms with Crippen LogP contribution < -0.4 is 4.74 Å². The molecule has 0 amide bonds. The lowest BCUT2D eigenvalue weighted by Crippen LogP contribution is -2.41. The molecule has 0 aliphatic carbocycles. The molecule has 0 radical (unpaired) electrons. The molecular formula is C28H35ClN4O4. The van der Waals surface area contributed by atoms with Crippen LogP contribution in [-0.4, -0.2) is 62.8 Å². The molecule has 1 saturated heterocycles. The largest absolute Gasteiger partial charge is 0.497 e. The summed E-state index contributed by atoms with van der Waals surface area (Å²) in [7, 11) is 1.59. The standard InChI is InChI=1S/C28H35ClN4O4/c1-37-21-5-6-24-22(16-21)27(23(29)19-32-24)25(34)7-8-28(17-26(35)36)9-14-33(15-10-28)13-3-2-4-20-18-30-11-12-31-20/h5-6,11-12,16,18-19,25,34H,2-4,7-10,13-15,17H2,1H3,(H,35,36)/t25-/m1/s1. The van der Waals surface area contributed by atoms with E-state index in [0.717, 1.165) is 68.3 Å². The molecule has 1 aromatic carbocycles. The van der Waals surface area contributed by atoms with Crippen molar-refractivity contribution in [3.05, 3.63) is 59.3 Å². The van der Waals surface area contributed by atoms with Crippen LogP contribution in [0.2, 0.25) is 5.02 Å². The van der Waals surface area contributed by atoms with Crippen molar-refractivity contribution < 1.29 is 19.7 Å². The molecule has 198 valence electrons. The lowest BCUT2D eigenvalue weighted by Gasteiger charge is -2.41. The lowest BCUT2D eigenvalue weighted by molar-refractivity contribution is -0.141. The normalized spacial score (nSPS) is 16.5. The molecule has 2 aromatic heterocycles. The van der Waals surface area contributed by atoms with E-state index in [1.54, 1.807) is 25.7 Å². The average molecular weight is 527 g/mol. The van der Waals surface area contributed by atoms with Gasteiger partial charge in [-0.1, -0.05) is 11.6 Å². The van der Waals surface area contributed by atoms with E-state index in [0.29, 0.717) is 29.2 Å². The first-order valence-electron chi connectivity index (χ1n) is 12.9. The fraction of sp³-hybridized carbons (Fsp3) is 0.500. The van der Waals surface area contributed by atoms with Crippen molar-refractivity contribution in [1.29, 1.82) is 0 Å². The van der Waals surface area contributed by atoms with Gasteiger partial charge in [-0.05, 0) is 88.2 Å². The highest BCUT2D eigenvalue weighted by molar-refractivity contribution is 6.32. The van der Waals surface area contributed by atoms with Gasteiger partial charge in [-0.25, -0.2) is 0 Å². The van der Waals surface area contributed by atoms with Crippen molar-refractivity contribution in [3.63, 3.8) is 0 Å². The van der Waals surface area contributed by atoms with E-state index in [1.807, 2.05) is 24.4 Å². The van der Waals surface area contributed by atoms with E-state index in [-0.39, 0.29) is 11.8 Å². The molecule has 3 heterocycles. The number of nitrogens with zero attached hydrogens (tertiary/aromatic N) is 4. The average Bonchev–Trinajstić information content (AvgIpc) is 2.90. The molecule has 0 spiro atoms. The zero-order valence-electron chi connectivity index (χ0n) is 21.3. The second-order valence-corrected chi connectivity index (χ2v) is 10.4. The minimum atomic E-state index is -0.824. The van der Waals surface area contributed by atoms with Gasteiger partial charge < -0.3 is 19.8 Å².